The minimum absolute atomic E-state index is 0.279. The third-order valence-corrected chi connectivity index (χ3v) is 4.87. The third-order valence-electron chi connectivity index (χ3n) is 4.87. The first kappa shape index (κ1) is 18.7. The molecule has 4 rings (SSSR count). The van der Waals surface area contributed by atoms with E-state index in [0.717, 1.165) is 24.5 Å². The molecule has 148 valence electrons. The van der Waals surface area contributed by atoms with Crippen LogP contribution < -0.4 is 20.3 Å². The van der Waals surface area contributed by atoms with Crippen LogP contribution in [0.25, 0.3) is 0 Å². The number of para-hydroxylation sites is 2. The summed E-state index contributed by atoms with van der Waals surface area (Å²) in [6.07, 6.45) is 3.83. The van der Waals surface area contributed by atoms with Crippen LogP contribution >= 0.6 is 0 Å². The second-order valence-corrected chi connectivity index (χ2v) is 6.81. The second kappa shape index (κ2) is 8.60. The fraction of sp³-hybridized carbons (Fsp3) is 0.227. The average molecular weight is 389 g/mol. The van der Waals surface area contributed by atoms with Crippen LogP contribution in [0.1, 0.15) is 23.3 Å². The monoisotopic (exact) mass is 389 g/mol. The van der Waals surface area contributed by atoms with Crippen LogP contribution in [0.3, 0.4) is 0 Å². The van der Waals surface area contributed by atoms with Gasteiger partial charge in [-0.05, 0) is 49.2 Å². The standard InChI is InChI=1S/C22H23N5O2/c1-29-20-7-3-2-6-18(20)26-21-14-19(23-15-24-21)22(28)25-16-8-10-17(11-9-16)27-12-4-5-13-27/h2-3,6-11,14-15H,4-5,12-13H2,1H3,(H,25,28)(H,23,24,26). The zero-order chi connectivity index (χ0) is 20.1. The van der Waals surface area contributed by atoms with Gasteiger partial charge in [0, 0.05) is 30.5 Å². The van der Waals surface area contributed by atoms with Crippen molar-refractivity contribution in [3.8, 4) is 5.75 Å². The van der Waals surface area contributed by atoms with Crippen LogP contribution in [-0.2, 0) is 0 Å². The van der Waals surface area contributed by atoms with Crippen LogP contribution in [0, 0.1) is 0 Å². The Labute approximate surface area is 169 Å². The number of ether oxygens (including phenoxy) is 1. The summed E-state index contributed by atoms with van der Waals surface area (Å²) in [6, 6.07) is 17.0. The van der Waals surface area contributed by atoms with E-state index in [1.165, 1.54) is 24.9 Å². The lowest BCUT2D eigenvalue weighted by Gasteiger charge is -2.17. The molecule has 1 aliphatic heterocycles. The molecule has 2 N–H and O–H groups in total. The zero-order valence-electron chi connectivity index (χ0n) is 16.3. The van der Waals surface area contributed by atoms with Gasteiger partial charge in [-0.3, -0.25) is 4.79 Å². The summed E-state index contributed by atoms with van der Waals surface area (Å²) in [4.78, 5) is 23.3. The number of nitrogens with one attached hydrogen (secondary N) is 2. The molecule has 2 heterocycles. The van der Waals surface area contributed by atoms with Crippen LogP contribution in [0.5, 0.6) is 5.75 Å². The van der Waals surface area contributed by atoms with Crippen molar-refractivity contribution >= 4 is 28.8 Å². The number of carbonyl (C=O) groups is 1. The molecule has 0 aliphatic carbocycles. The summed E-state index contributed by atoms with van der Waals surface area (Å²) in [7, 11) is 1.61. The van der Waals surface area contributed by atoms with Crippen molar-refractivity contribution in [3.05, 3.63) is 66.6 Å². The summed E-state index contributed by atoms with van der Waals surface area (Å²) in [5, 5.41) is 6.05. The SMILES string of the molecule is COc1ccccc1Nc1cc(C(=O)Nc2ccc(N3CCCC3)cc2)ncn1. The molecule has 0 bridgehead atoms. The summed E-state index contributed by atoms with van der Waals surface area (Å²) >= 11 is 0. The minimum atomic E-state index is -0.288. The molecule has 0 radical (unpaired) electrons. The van der Waals surface area contributed by atoms with E-state index in [1.54, 1.807) is 13.2 Å². The van der Waals surface area contributed by atoms with E-state index in [2.05, 4.69) is 25.5 Å². The molecule has 0 saturated carbocycles. The molecular formula is C22H23N5O2. The number of amides is 1. The molecule has 0 unspecified atom stereocenters. The summed E-state index contributed by atoms with van der Waals surface area (Å²) < 4.78 is 5.33. The van der Waals surface area contributed by atoms with Crippen molar-refractivity contribution in [2.45, 2.75) is 12.8 Å². The quantitative estimate of drug-likeness (QED) is 0.661. The number of hydrogen-bond donors (Lipinski definition) is 2. The Hall–Kier alpha value is -3.61. The van der Waals surface area contributed by atoms with E-state index in [-0.39, 0.29) is 11.6 Å². The Kier molecular flexibility index (Phi) is 5.56. The van der Waals surface area contributed by atoms with E-state index < -0.39 is 0 Å². The van der Waals surface area contributed by atoms with Gasteiger partial charge in [-0.1, -0.05) is 12.1 Å². The second-order valence-electron chi connectivity index (χ2n) is 6.81. The molecule has 0 atom stereocenters. The van der Waals surface area contributed by atoms with E-state index in [9.17, 15) is 4.79 Å². The van der Waals surface area contributed by atoms with E-state index >= 15 is 0 Å². The first-order valence-corrected chi connectivity index (χ1v) is 9.61. The topological polar surface area (TPSA) is 79.4 Å². The highest BCUT2D eigenvalue weighted by molar-refractivity contribution is 6.03. The van der Waals surface area contributed by atoms with Gasteiger partial charge < -0.3 is 20.3 Å². The number of carbonyl (C=O) groups excluding carboxylic acids is 1. The highest BCUT2D eigenvalue weighted by atomic mass is 16.5. The van der Waals surface area contributed by atoms with Gasteiger partial charge >= 0.3 is 0 Å². The molecule has 7 nitrogen and oxygen atoms in total. The van der Waals surface area contributed by atoms with Crippen molar-refractivity contribution in [1.29, 1.82) is 0 Å². The molecule has 29 heavy (non-hydrogen) atoms. The number of anilines is 4. The largest absolute Gasteiger partial charge is 0.495 e. The lowest BCUT2D eigenvalue weighted by atomic mass is 10.2. The summed E-state index contributed by atoms with van der Waals surface area (Å²) in [6.45, 7) is 2.18. The van der Waals surface area contributed by atoms with Gasteiger partial charge in [-0.2, -0.15) is 0 Å². The predicted molar refractivity (Wildman–Crippen MR) is 114 cm³/mol. The lowest BCUT2D eigenvalue weighted by molar-refractivity contribution is 0.102. The zero-order valence-corrected chi connectivity index (χ0v) is 16.3. The van der Waals surface area contributed by atoms with Gasteiger partial charge in [0.2, 0.25) is 0 Å². The van der Waals surface area contributed by atoms with Crippen molar-refractivity contribution in [1.82, 2.24) is 9.97 Å². The number of aromatic nitrogens is 2. The van der Waals surface area contributed by atoms with Crippen molar-refractivity contribution < 1.29 is 9.53 Å². The fourth-order valence-electron chi connectivity index (χ4n) is 3.36. The number of rotatable bonds is 6. The molecule has 2 aromatic carbocycles. The first-order chi connectivity index (χ1) is 14.2. The Morgan fingerprint density at radius 3 is 2.55 bits per heavy atom. The van der Waals surface area contributed by atoms with Gasteiger partial charge in [0.05, 0.1) is 12.8 Å². The molecule has 1 aromatic heterocycles. The molecule has 1 aliphatic rings. The van der Waals surface area contributed by atoms with Gasteiger partial charge in [-0.25, -0.2) is 9.97 Å². The van der Waals surface area contributed by atoms with Gasteiger partial charge in [0.1, 0.15) is 23.6 Å². The van der Waals surface area contributed by atoms with E-state index in [0.29, 0.717) is 11.6 Å². The van der Waals surface area contributed by atoms with Crippen LogP contribution in [0.15, 0.2) is 60.9 Å². The molecule has 7 heteroatoms. The molecule has 3 aromatic rings. The molecule has 1 fully saturated rings. The van der Waals surface area contributed by atoms with Gasteiger partial charge in [0.25, 0.3) is 5.91 Å². The van der Waals surface area contributed by atoms with Crippen molar-refractivity contribution in [2.75, 3.05) is 35.7 Å². The highest BCUT2D eigenvalue weighted by Gasteiger charge is 2.13. The van der Waals surface area contributed by atoms with Crippen LogP contribution in [0.2, 0.25) is 0 Å². The maximum absolute atomic E-state index is 12.6. The van der Waals surface area contributed by atoms with E-state index in [4.69, 9.17) is 4.74 Å². The van der Waals surface area contributed by atoms with Crippen LogP contribution in [-0.4, -0.2) is 36.1 Å². The maximum Gasteiger partial charge on any atom is 0.274 e. The molecule has 1 saturated heterocycles. The van der Waals surface area contributed by atoms with Crippen LogP contribution in [0.4, 0.5) is 22.9 Å². The summed E-state index contributed by atoms with van der Waals surface area (Å²) in [5.41, 5.74) is 2.96. The Balaban J connectivity index is 1.44. The predicted octanol–water partition coefficient (Wildman–Crippen LogP) is 4.08. The minimum Gasteiger partial charge on any atom is -0.495 e. The lowest BCUT2D eigenvalue weighted by Crippen LogP contribution is -2.18. The smallest absolute Gasteiger partial charge is 0.274 e. The number of benzene rings is 2. The first-order valence-electron chi connectivity index (χ1n) is 9.61. The highest BCUT2D eigenvalue weighted by Crippen LogP contribution is 2.26. The Morgan fingerprint density at radius 1 is 1.03 bits per heavy atom. The van der Waals surface area contributed by atoms with E-state index in [1.807, 2.05) is 48.5 Å². The molecule has 0 spiro atoms. The Bertz CT molecular complexity index is 985. The maximum atomic E-state index is 12.6. The average Bonchev–Trinajstić information content (AvgIpc) is 3.30. The number of nitrogens with zero attached hydrogens (tertiary/aromatic N) is 3. The van der Waals surface area contributed by atoms with Crippen molar-refractivity contribution in [3.63, 3.8) is 0 Å². The van der Waals surface area contributed by atoms with Gasteiger partial charge in [-0.15, -0.1) is 0 Å². The third kappa shape index (κ3) is 4.45. The van der Waals surface area contributed by atoms with Crippen molar-refractivity contribution in [2.24, 2.45) is 0 Å². The van der Waals surface area contributed by atoms with Gasteiger partial charge in [0.15, 0.2) is 0 Å². The Morgan fingerprint density at radius 2 is 1.79 bits per heavy atom. The fourth-order valence-corrected chi connectivity index (χ4v) is 3.36. The molecular weight excluding hydrogens is 366 g/mol. The number of hydrogen-bond acceptors (Lipinski definition) is 6. The number of methoxy groups -OCH3 is 1. The normalized spacial score (nSPS) is 13.2. The summed E-state index contributed by atoms with van der Waals surface area (Å²) in [5.74, 6) is 0.915. The molecule has 1 amide bonds.